The zero-order valence-corrected chi connectivity index (χ0v) is 11.5. The number of aromatic amines is 1. The van der Waals surface area contributed by atoms with Crippen molar-refractivity contribution in [3.8, 4) is 0 Å². The number of hydrogen-bond acceptors (Lipinski definition) is 3. The number of para-hydroxylation sites is 2. The van der Waals surface area contributed by atoms with Gasteiger partial charge in [0.1, 0.15) is 0 Å². The number of hydrogen-bond donors (Lipinski definition) is 2. The number of benzene rings is 1. The number of nitrogens with zero attached hydrogens (tertiary/aromatic N) is 1. The molecule has 3 rings (SSSR count). The highest BCUT2D eigenvalue weighted by molar-refractivity contribution is 7.99. The van der Waals surface area contributed by atoms with Crippen LogP contribution in [0, 0.1) is 5.92 Å². The highest BCUT2D eigenvalue weighted by Crippen LogP contribution is 2.32. The van der Waals surface area contributed by atoms with Crippen molar-refractivity contribution in [1.29, 1.82) is 0 Å². The third-order valence-corrected chi connectivity index (χ3v) is 4.38. The van der Waals surface area contributed by atoms with Gasteiger partial charge in [0, 0.05) is 18.3 Å². The van der Waals surface area contributed by atoms with Gasteiger partial charge in [-0.3, -0.25) is 0 Å². The molecule has 2 N–H and O–H groups in total. The molecule has 0 aliphatic heterocycles. The Morgan fingerprint density at radius 2 is 2.28 bits per heavy atom. The lowest BCUT2D eigenvalue weighted by Crippen LogP contribution is -2.29. The van der Waals surface area contributed by atoms with E-state index in [2.05, 4.69) is 28.3 Å². The number of thioether (sulfide) groups is 1. The molecular weight excluding hydrogens is 242 g/mol. The van der Waals surface area contributed by atoms with E-state index in [0.29, 0.717) is 6.04 Å². The molecular formula is C14H19N3S. The molecule has 1 aromatic carbocycles. The van der Waals surface area contributed by atoms with E-state index in [4.69, 9.17) is 0 Å². The summed E-state index contributed by atoms with van der Waals surface area (Å²) in [6.45, 7) is 3.35. The van der Waals surface area contributed by atoms with Crippen molar-refractivity contribution in [2.75, 3.05) is 12.3 Å². The Kier molecular flexibility index (Phi) is 3.57. The molecule has 1 unspecified atom stereocenters. The Hall–Kier alpha value is -1.00. The SMILES string of the molecule is CC(NCCSc1nc2ccccc2[nH]1)C1CC1. The smallest absolute Gasteiger partial charge is 0.166 e. The summed E-state index contributed by atoms with van der Waals surface area (Å²) in [7, 11) is 0. The molecule has 96 valence electrons. The van der Waals surface area contributed by atoms with Gasteiger partial charge in [0.2, 0.25) is 0 Å². The van der Waals surface area contributed by atoms with Crippen LogP contribution in [0.4, 0.5) is 0 Å². The Morgan fingerprint density at radius 1 is 1.44 bits per heavy atom. The topological polar surface area (TPSA) is 40.7 Å². The normalized spacial score (nSPS) is 17.2. The Bertz CT molecular complexity index is 485. The monoisotopic (exact) mass is 261 g/mol. The van der Waals surface area contributed by atoms with Crippen LogP contribution in [0.2, 0.25) is 0 Å². The highest BCUT2D eigenvalue weighted by atomic mass is 32.2. The molecule has 0 radical (unpaired) electrons. The molecule has 0 amide bonds. The summed E-state index contributed by atoms with van der Waals surface area (Å²) in [6, 6.07) is 8.86. The highest BCUT2D eigenvalue weighted by Gasteiger charge is 2.27. The van der Waals surface area contributed by atoms with Crippen molar-refractivity contribution in [2.45, 2.75) is 31.0 Å². The van der Waals surface area contributed by atoms with Crippen LogP contribution in [0.25, 0.3) is 11.0 Å². The fourth-order valence-corrected chi connectivity index (χ4v) is 2.95. The summed E-state index contributed by atoms with van der Waals surface area (Å²) < 4.78 is 0. The van der Waals surface area contributed by atoms with Gasteiger partial charge in [-0.05, 0) is 37.8 Å². The molecule has 1 aromatic heterocycles. The van der Waals surface area contributed by atoms with E-state index >= 15 is 0 Å². The van der Waals surface area contributed by atoms with Crippen molar-refractivity contribution in [1.82, 2.24) is 15.3 Å². The van der Waals surface area contributed by atoms with Crippen molar-refractivity contribution < 1.29 is 0 Å². The summed E-state index contributed by atoms with van der Waals surface area (Å²) >= 11 is 1.79. The number of rotatable bonds is 6. The molecule has 18 heavy (non-hydrogen) atoms. The minimum absolute atomic E-state index is 0.682. The second-order valence-electron chi connectivity index (χ2n) is 4.99. The van der Waals surface area contributed by atoms with E-state index in [1.807, 2.05) is 18.2 Å². The molecule has 3 nitrogen and oxygen atoms in total. The fraction of sp³-hybridized carbons (Fsp3) is 0.500. The zero-order valence-electron chi connectivity index (χ0n) is 10.6. The molecule has 4 heteroatoms. The van der Waals surface area contributed by atoms with Crippen LogP contribution in [0.3, 0.4) is 0 Å². The Labute approximate surface area is 112 Å². The van der Waals surface area contributed by atoms with Crippen LogP contribution < -0.4 is 5.32 Å². The first kappa shape index (κ1) is 12.1. The van der Waals surface area contributed by atoms with Gasteiger partial charge in [-0.1, -0.05) is 23.9 Å². The van der Waals surface area contributed by atoms with Crippen LogP contribution >= 0.6 is 11.8 Å². The molecule has 1 aliphatic carbocycles. The summed E-state index contributed by atoms with van der Waals surface area (Å²) in [5.74, 6) is 2.00. The lowest BCUT2D eigenvalue weighted by Gasteiger charge is -2.11. The first-order valence-electron chi connectivity index (χ1n) is 6.64. The van der Waals surface area contributed by atoms with Gasteiger partial charge in [0.15, 0.2) is 5.16 Å². The second-order valence-corrected chi connectivity index (χ2v) is 6.07. The lowest BCUT2D eigenvalue weighted by molar-refractivity contribution is 0.514. The van der Waals surface area contributed by atoms with Crippen molar-refractivity contribution in [2.24, 2.45) is 5.92 Å². The third-order valence-electron chi connectivity index (χ3n) is 3.50. The maximum atomic E-state index is 4.56. The Balaban J connectivity index is 1.47. The maximum absolute atomic E-state index is 4.56. The molecule has 1 saturated carbocycles. The minimum atomic E-state index is 0.682. The molecule has 1 aliphatic rings. The van der Waals surface area contributed by atoms with Gasteiger partial charge in [-0.15, -0.1) is 0 Å². The van der Waals surface area contributed by atoms with E-state index in [1.165, 1.54) is 12.8 Å². The van der Waals surface area contributed by atoms with Crippen molar-refractivity contribution >= 4 is 22.8 Å². The average molecular weight is 261 g/mol. The van der Waals surface area contributed by atoms with Gasteiger partial charge in [0.25, 0.3) is 0 Å². The summed E-state index contributed by atoms with van der Waals surface area (Å²) in [5, 5.41) is 4.61. The van der Waals surface area contributed by atoms with Gasteiger partial charge in [-0.25, -0.2) is 4.98 Å². The first-order chi connectivity index (χ1) is 8.83. The lowest BCUT2D eigenvalue weighted by atomic mass is 10.2. The summed E-state index contributed by atoms with van der Waals surface area (Å²) in [6.07, 6.45) is 2.82. The van der Waals surface area contributed by atoms with E-state index < -0.39 is 0 Å². The predicted octanol–water partition coefficient (Wildman–Crippen LogP) is 3.04. The van der Waals surface area contributed by atoms with E-state index in [0.717, 1.165) is 34.4 Å². The van der Waals surface area contributed by atoms with Crippen LogP contribution in [0.15, 0.2) is 29.4 Å². The number of H-pyrrole nitrogens is 1. The maximum Gasteiger partial charge on any atom is 0.166 e. The molecule has 2 aromatic rings. The molecule has 0 bridgehead atoms. The summed E-state index contributed by atoms with van der Waals surface area (Å²) in [4.78, 5) is 7.90. The predicted molar refractivity (Wildman–Crippen MR) is 77.0 cm³/mol. The average Bonchev–Trinajstić information content (AvgIpc) is 3.14. The van der Waals surface area contributed by atoms with Crippen molar-refractivity contribution in [3.05, 3.63) is 24.3 Å². The second kappa shape index (κ2) is 5.33. The van der Waals surface area contributed by atoms with Gasteiger partial charge < -0.3 is 10.3 Å². The van der Waals surface area contributed by atoms with Crippen LogP contribution in [0.1, 0.15) is 19.8 Å². The van der Waals surface area contributed by atoms with Crippen molar-refractivity contribution in [3.63, 3.8) is 0 Å². The third kappa shape index (κ3) is 2.87. The minimum Gasteiger partial charge on any atom is -0.333 e. The zero-order chi connectivity index (χ0) is 12.4. The molecule has 0 spiro atoms. The van der Waals surface area contributed by atoms with Crippen LogP contribution in [-0.2, 0) is 0 Å². The van der Waals surface area contributed by atoms with Gasteiger partial charge in [0.05, 0.1) is 11.0 Å². The van der Waals surface area contributed by atoms with E-state index in [1.54, 1.807) is 11.8 Å². The van der Waals surface area contributed by atoms with Gasteiger partial charge >= 0.3 is 0 Å². The first-order valence-corrected chi connectivity index (χ1v) is 7.62. The standard InChI is InChI=1S/C14H19N3S/c1-10(11-6-7-11)15-8-9-18-14-16-12-4-2-3-5-13(12)17-14/h2-5,10-11,15H,6-9H2,1H3,(H,16,17). The molecule has 1 fully saturated rings. The van der Waals surface area contributed by atoms with E-state index in [-0.39, 0.29) is 0 Å². The number of nitrogens with one attached hydrogen (secondary N) is 2. The van der Waals surface area contributed by atoms with Gasteiger partial charge in [-0.2, -0.15) is 0 Å². The number of aromatic nitrogens is 2. The number of fused-ring (bicyclic) bond motifs is 1. The quantitative estimate of drug-likeness (QED) is 0.620. The molecule has 1 heterocycles. The Morgan fingerprint density at radius 3 is 3.06 bits per heavy atom. The summed E-state index contributed by atoms with van der Waals surface area (Å²) in [5.41, 5.74) is 2.18. The number of imidazole rings is 1. The van der Waals surface area contributed by atoms with Crippen LogP contribution in [-0.4, -0.2) is 28.3 Å². The largest absolute Gasteiger partial charge is 0.333 e. The molecule has 0 saturated heterocycles. The molecule has 1 atom stereocenters. The van der Waals surface area contributed by atoms with Crippen LogP contribution in [0.5, 0.6) is 0 Å². The fourth-order valence-electron chi connectivity index (χ4n) is 2.19. The van der Waals surface area contributed by atoms with E-state index in [9.17, 15) is 0 Å².